The number of nitrogens with zero attached hydrogens (tertiary/aromatic N) is 1. The zero-order chi connectivity index (χ0) is 41.3. The molecule has 1 aliphatic rings. The van der Waals surface area contributed by atoms with Crippen LogP contribution >= 0.6 is 22.7 Å². The van der Waals surface area contributed by atoms with Crippen molar-refractivity contribution in [3.8, 4) is 23.0 Å². The van der Waals surface area contributed by atoms with Crippen LogP contribution in [0.5, 0.6) is 23.0 Å². The van der Waals surface area contributed by atoms with Gasteiger partial charge in [-0.2, -0.15) is 0 Å². The van der Waals surface area contributed by atoms with Crippen molar-refractivity contribution in [2.75, 3.05) is 61.7 Å². The summed E-state index contributed by atoms with van der Waals surface area (Å²) in [6.45, 7) is 4.83. The average Bonchev–Trinajstić information content (AvgIpc) is 3.85. The third-order valence-corrected chi connectivity index (χ3v) is 10.7. The summed E-state index contributed by atoms with van der Waals surface area (Å²) in [4.78, 5) is 62.1. The molecule has 3 aromatic carbocycles. The summed E-state index contributed by atoms with van der Waals surface area (Å²) in [6.07, 6.45) is -0.594. The molecule has 1 saturated heterocycles. The molecule has 14 nitrogen and oxygen atoms in total. The first kappa shape index (κ1) is 44.2. The monoisotopic (exact) mass is 822 g/mol. The fraction of sp³-hybridized carbons (Fsp3) is 0.341. The van der Waals surface area contributed by atoms with E-state index in [1.807, 2.05) is 30.3 Å². The highest BCUT2D eigenvalue weighted by Gasteiger charge is 2.18. The summed E-state index contributed by atoms with van der Waals surface area (Å²) < 4.78 is 31.4. The molecule has 57 heavy (non-hydrogen) atoms. The normalized spacial score (nSPS) is 12.3. The number of hydrogen-bond donors (Lipinski definition) is 2. The number of nitrogens with one attached hydrogen (secondary N) is 1. The van der Waals surface area contributed by atoms with Crippen LogP contribution in [0, 0.1) is 0 Å². The first-order valence-electron chi connectivity index (χ1n) is 17.8. The van der Waals surface area contributed by atoms with E-state index in [0.29, 0.717) is 21.3 Å². The Balaban J connectivity index is 0.000000227. The molecule has 5 aromatic rings. The smallest absolute Gasteiger partial charge is 0.504 e. The second-order valence-corrected chi connectivity index (χ2v) is 14.7. The molecule has 6 rings (SSSR count). The Morgan fingerprint density at radius 3 is 1.70 bits per heavy atom. The summed E-state index contributed by atoms with van der Waals surface area (Å²) in [5.41, 5.74) is 0.838. The van der Waals surface area contributed by atoms with E-state index in [9.17, 15) is 29.1 Å². The molecule has 0 aliphatic carbocycles. The van der Waals surface area contributed by atoms with E-state index < -0.39 is 18.1 Å². The van der Waals surface area contributed by atoms with Gasteiger partial charge in [0.05, 0.1) is 51.0 Å². The summed E-state index contributed by atoms with van der Waals surface area (Å²) in [7, 11) is 7.65. The fourth-order valence-corrected chi connectivity index (χ4v) is 7.36. The molecule has 0 unspecified atom stereocenters. The summed E-state index contributed by atoms with van der Waals surface area (Å²) in [5.74, 6) is -0.182. The number of rotatable bonds is 13. The lowest BCUT2D eigenvalue weighted by Crippen LogP contribution is -2.40. The van der Waals surface area contributed by atoms with Gasteiger partial charge in [-0.25, -0.2) is 4.79 Å². The molecule has 304 valence electrons. The van der Waals surface area contributed by atoms with E-state index in [2.05, 4.69) is 26.7 Å². The molecule has 3 heterocycles. The summed E-state index contributed by atoms with van der Waals surface area (Å²) in [5, 5.41) is 14.6. The number of methoxy groups -OCH3 is 4. The van der Waals surface area contributed by atoms with Gasteiger partial charge in [-0.15, -0.1) is 22.7 Å². The third-order valence-electron chi connectivity index (χ3n) is 8.47. The van der Waals surface area contributed by atoms with Crippen molar-refractivity contribution in [2.24, 2.45) is 0 Å². The van der Waals surface area contributed by atoms with Crippen LogP contribution in [0.1, 0.15) is 50.6 Å². The number of phenols is 1. The molecule has 0 amide bonds. The van der Waals surface area contributed by atoms with E-state index in [4.69, 9.17) is 18.9 Å². The van der Waals surface area contributed by atoms with E-state index in [1.165, 1.54) is 64.2 Å². The van der Waals surface area contributed by atoms with Gasteiger partial charge >= 0.3 is 18.1 Å². The number of benzene rings is 3. The Morgan fingerprint density at radius 2 is 1.21 bits per heavy atom. The number of aromatic hydroxyl groups is 1. The number of esters is 2. The van der Waals surface area contributed by atoms with Gasteiger partial charge in [-0.1, -0.05) is 30.3 Å². The van der Waals surface area contributed by atoms with Gasteiger partial charge < -0.3 is 43.7 Å². The number of hydrogen-bond acceptors (Lipinski definition) is 16. The number of phenolic OH excluding ortho intramolecular Hbond substituents is 1. The largest absolute Gasteiger partial charge is 0.514 e. The highest BCUT2D eigenvalue weighted by molar-refractivity contribution is 7.21. The first-order valence-corrected chi connectivity index (χ1v) is 19.5. The van der Waals surface area contributed by atoms with Crippen molar-refractivity contribution >= 4 is 72.5 Å². The maximum absolute atomic E-state index is 12.3. The van der Waals surface area contributed by atoms with Crippen LogP contribution in [0.2, 0.25) is 0 Å². The van der Waals surface area contributed by atoms with Crippen molar-refractivity contribution in [3.05, 3.63) is 82.0 Å². The average molecular weight is 823 g/mol. The SMILES string of the molecule is CN1CCNCC1.COC(=O)CCC(=O)c1cc2cc(OC)c(O)cc2s1.COC(=O)CCC(=O)c1cc2cc(OC)c(OC(=O)OCc3ccccc3)cc2s1. The van der Waals surface area contributed by atoms with E-state index in [0.717, 1.165) is 38.8 Å². The molecule has 0 spiro atoms. The second-order valence-electron chi connectivity index (χ2n) is 12.5. The highest BCUT2D eigenvalue weighted by Crippen LogP contribution is 2.38. The van der Waals surface area contributed by atoms with Crippen LogP contribution < -0.4 is 19.5 Å². The predicted octanol–water partition coefficient (Wildman–Crippen LogP) is 7.03. The van der Waals surface area contributed by atoms with Gasteiger partial charge in [0.2, 0.25) is 0 Å². The number of fused-ring (bicyclic) bond motifs is 2. The maximum Gasteiger partial charge on any atom is 0.514 e. The number of likely N-dealkylation sites (N-methyl/N-ethyl adjacent to an activating group) is 1. The number of ether oxygens (including phenoxy) is 6. The molecule has 2 N–H and O–H groups in total. The van der Waals surface area contributed by atoms with E-state index in [1.54, 1.807) is 36.4 Å². The van der Waals surface area contributed by atoms with Gasteiger partial charge in [-0.05, 0) is 47.6 Å². The first-order chi connectivity index (χ1) is 27.4. The van der Waals surface area contributed by atoms with Crippen LogP contribution in [0.4, 0.5) is 4.79 Å². The van der Waals surface area contributed by atoms with Gasteiger partial charge in [-0.3, -0.25) is 19.2 Å². The minimum absolute atomic E-state index is 0.0223. The molecule has 0 atom stereocenters. The lowest BCUT2D eigenvalue weighted by molar-refractivity contribution is -0.141. The van der Waals surface area contributed by atoms with Gasteiger partial charge in [0.25, 0.3) is 0 Å². The third kappa shape index (κ3) is 13.6. The standard InChI is InChI=1S/C22H20O7S.C14H14O5S.C5H12N2/c1-26-17-10-15-11-20(16(23)8-9-21(24)27-2)30-19(15)12-18(17)29-22(25)28-13-14-6-4-3-5-7-14;1-18-11-5-8-6-13(20-12(8)7-10(11)16)9(15)3-4-14(17)19-2;1-7-4-2-6-3-5-7/h3-7,10-12H,8-9,13H2,1-2H3;5-7,16H,3-4H2,1-2H3;6H,2-5H2,1H3. The molecule has 16 heteroatoms. The van der Waals surface area contributed by atoms with Crippen LogP contribution in [0.15, 0.2) is 66.7 Å². The van der Waals surface area contributed by atoms with Crippen molar-refractivity contribution in [1.82, 2.24) is 10.2 Å². The quantitative estimate of drug-likeness (QED) is 0.0535. The molecular formula is C41H46N2O12S2. The van der Waals surface area contributed by atoms with Gasteiger partial charge in [0.15, 0.2) is 34.6 Å². The van der Waals surface area contributed by atoms with E-state index >= 15 is 0 Å². The number of Topliss-reactive ketones (excluding diaryl/α,β-unsaturated/α-hetero) is 2. The van der Waals surface area contributed by atoms with Gasteiger partial charge in [0, 0.05) is 60.6 Å². The van der Waals surface area contributed by atoms with E-state index in [-0.39, 0.29) is 55.4 Å². The number of thiophene rings is 2. The molecule has 1 fully saturated rings. The Bertz CT molecular complexity index is 2140. The highest BCUT2D eigenvalue weighted by atomic mass is 32.1. The second kappa shape index (κ2) is 22.3. The maximum atomic E-state index is 12.3. The van der Waals surface area contributed by atoms with Crippen molar-refractivity contribution in [2.45, 2.75) is 32.3 Å². The number of piperazine rings is 1. The molecule has 0 saturated carbocycles. The van der Waals surface area contributed by atoms with Crippen molar-refractivity contribution < 1.29 is 57.5 Å². The zero-order valence-corrected chi connectivity index (χ0v) is 34.0. The molecule has 0 bridgehead atoms. The lowest BCUT2D eigenvalue weighted by Gasteiger charge is -2.21. The van der Waals surface area contributed by atoms with Crippen molar-refractivity contribution in [3.63, 3.8) is 0 Å². The predicted molar refractivity (Wildman–Crippen MR) is 217 cm³/mol. The number of carbonyl (C=O) groups is 5. The van der Waals surface area contributed by atoms with Crippen molar-refractivity contribution in [1.29, 1.82) is 0 Å². The Kier molecular flexibility index (Phi) is 17.2. The Hall–Kier alpha value is -5.55. The summed E-state index contributed by atoms with van der Waals surface area (Å²) >= 11 is 2.53. The van der Waals surface area contributed by atoms with Crippen LogP contribution in [0.3, 0.4) is 0 Å². The van der Waals surface area contributed by atoms with Gasteiger partial charge in [0.1, 0.15) is 6.61 Å². The zero-order valence-electron chi connectivity index (χ0n) is 32.4. The topological polar surface area (TPSA) is 176 Å². The molecule has 0 radical (unpaired) electrons. The minimum Gasteiger partial charge on any atom is -0.504 e. The molecule has 1 aliphatic heterocycles. The Labute approximate surface area is 338 Å². The number of ketones is 2. The minimum atomic E-state index is -0.859. The summed E-state index contributed by atoms with van der Waals surface area (Å²) in [6, 6.07) is 19.3. The van der Waals surface area contributed by atoms with Crippen LogP contribution in [0.25, 0.3) is 20.2 Å². The van der Waals surface area contributed by atoms with Crippen LogP contribution in [-0.2, 0) is 30.4 Å². The fourth-order valence-electron chi connectivity index (χ4n) is 5.27. The lowest BCUT2D eigenvalue weighted by atomic mass is 10.1. The Morgan fingerprint density at radius 1 is 0.684 bits per heavy atom. The number of carbonyl (C=O) groups excluding carboxylic acids is 5. The molecule has 2 aromatic heterocycles. The molecular weight excluding hydrogens is 777 g/mol. The van der Waals surface area contributed by atoms with Crippen LogP contribution in [-0.4, -0.2) is 101 Å².